The summed E-state index contributed by atoms with van der Waals surface area (Å²) in [6.45, 7) is 0.665. The number of aromatic amines is 2. The monoisotopic (exact) mass is 935 g/mol. The summed E-state index contributed by atoms with van der Waals surface area (Å²) < 4.78 is 5.54. The number of anilines is 2. The van der Waals surface area contributed by atoms with Gasteiger partial charge in [-0.05, 0) is 87.1 Å². The van der Waals surface area contributed by atoms with Gasteiger partial charge in [0.1, 0.15) is 5.75 Å². The SMILES string of the molecule is COc1ccc(Cl)cc1CN(C(=O)Cc1cncc2ccccc12)c1ccc(-c2cnc[nH]2)cc1.O=C(Cc1cncc2ccccc12)N(Cc1cncc(Cl)c1)c1ccc(-c2cnc[nH]2)cc1. The first-order valence-corrected chi connectivity index (χ1v) is 22.4. The molecule has 10 rings (SSSR count). The predicted octanol–water partition coefficient (Wildman–Crippen LogP) is 11.5. The molecule has 0 aliphatic heterocycles. The third kappa shape index (κ3) is 10.6. The number of amides is 2. The van der Waals surface area contributed by atoms with Gasteiger partial charge >= 0.3 is 0 Å². The normalized spacial score (nSPS) is 10.9. The molecule has 0 fully saturated rings. The highest BCUT2D eigenvalue weighted by Gasteiger charge is 2.22. The number of imidazole rings is 2. The lowest BCUT2D eigenvalue weighted by atomic mass is 10.0. The quantitative estimate of drug-likeness (QED) is 0.116. The van der Waals surface area contributed by atoms with E-state index < -0.39 is 0 Å². The Labute approximate surface area is 402 Å². The third-order valence-electron chi connectivity index (χ3n) is 11.4. The molecule has 2 amide bonds. The van der Waals surface area contributed by atoms with Crippen molar-refractivity contribution < 1.29 is 14.3 Å². The molecule has 68 heavy (non-hydrogen) atoms. The molecule has 0 saturated carbocycles. The molecule has 10 aromatic rings. The minimum atomic E-state index is -0.0560. The van der Waals surface area contributed by atoms with Crippen molar-refractivity contribution in [2.75, 3.05) is 16.9 Å². The minimum Gasteiger partial charge on any atom is -0.496 e. The second kappa shape index (κ2) is 21.0. The highest BCUT2D eigenvalue weighted by molar-refractivity contribution is 6.31. The van der Waals surface area contributed by atoms with E-state index in [0.717, 1.165) is 77.7 Å². The van der Waals surface area contributed by atoms with E-state index in [9.17, 15) is 9.59 Å². The minimum absolute atomic E-state index is 0.0394. The Balaban J connectivity index is 0.000000170. The molecule has 0 atom stereocenters. The van der Waals surface area contributed by atoms with Crippen LogP contribution in [0.15, 0.2) is 184 Å². The van der Waals surface area contributed by atoms with Gasteiger partial charge in [0.25, 0.3) is 0 Å². The Morgan fingerprint density at radius 2 is 1.03 bits per heavy atom. The average molecular weight is 937 g/mol. The van der Waals surface area contributed by atoms with Crippen LogP contribution in [0.4, 0.5) is 11.4 Å². The molecule has 0 saturated heterocycles. The highest BCUT2D eigenvalue weighted by Crippen LogP contribution is 2.30. The number of pyridine rings is 3. The maximum atomic E-state index is 13.8. The zero-order valence-corrected chi connectivity index (χ0v) is 38.3. The van der Waals surface area contributed by atoms with Crippen molar-refractivity contribution >= 4 is 67.9 Å². The van der Waals surface area contributed by atoms with E-state index in [1.54, 1.807) is 72.8 Å². The number of nitrogens with zero attached hydrogens (tertiary/aromatic N) is 7. The summed E-state index contributed by atoms with van der Waals surface area (Å²) in [5.74, 6) is 0.579. The molecule has 2 N–H and O–H groups in total. The first-order valence-electron chi connectivity index (χ1n) is 21.6. The van der Waals surface area contributed by atoms with E-state index in [-0.39, 0.29) is 24.7 Å². The van der Waals surface area contributed by atoms with Gasteiger partial charge in [0.15, 0.2) is 0 Å². The van der Waals surface area contributed by atoms with Crippen LogP contribution in [0.2, 0.25) is 10.0 Å². The number of hydrogen-bond acceptors (Lipinski definition) is 8. The standard InChI is InChI=1S/C28H23ClN4O2.C26H20ClN5O/c1-35-27-11-8-23(29)12-22(27)17-33(24-9-6-19(7-10-24)26-16-31-18-32-26)28(34)13-21-15-30-14-20-4-2-3-5-25(20)21;27-22-9-18(11-28-14-22)16-32(23-7-5-19(6-8-23)25-15-30-17-31-25)26(33)10-21-13-29-12-20-3-1-2-4-24(20)21/h2-12,14-16,18H,13,17H2,1H3,(H,31,32);1-9,11-15,17H,10,16H2,(H,30,31). The van der Waals surface area contributed by atoms with E-state index in [1.807, 2.05) is 128 Å². The van der Waals surface area contributed by atoms with Gasteiger partial charge in [-0.3, -0.25) is 24.5 Å². The number of methoxy groups -OCH3 is 1. The second-order valence-corrected chi connectivity index (χ2v) is 16.7. The molecular weight excluding hydrogens is 894 g/mol. The largest absolute Gasteiger partial charge is 0.496 e. The summed E-state index contributed by atoms with van der Waals surface area (Å²) in [5.41, 5.74) is 8.81. The lowest BCUT2D eigenvalue weighted by Crippen LogP contribution is -2.32. The molecule has 14 heteroatoms. The van der Waals surface area contributed by atoms with Gasteiger partial charge in [0.2, 0.25) is 11.8 Å². The van der Waals surface area contributed by atoms with Crippen LogP contribution in [0.3, 0.4) is 0 Å². The van der Waals surface area contributed by atoms with Crippen molar-refractivity contribution in [2.45, 2.75) is 25.9 Å². The summed E-state index contributed by atoms with van der Waals surface area (Å²) in [6, 6.07) is 38.8. The van der Waals surface area contributed by atoms with Crippen molar-refractivity contribution in [3.8, 4) is 28.3 Å². The fraction of sp³-hybridized carbons (Fsp3) is 0.0926. The average Bonchev–Trinajstić information content (AvgIpc) is 4.13. The van der Waals surface area contributed by atoms with Crippen molar-refractivity contribution in [3.63, 3.8) is 0 Å². The number of hydrogen-bond donors (Lipinski definition) is 2. The number of halogens is 2. The number of H-pyrrole nitrogens is 2. The molecule has 12 nitrogen and oxygen atoms in total. The Hall–Kier alpha value is -8.19. The molecule has 0 unspecified atom stereocenters. The number of benzene rings is 5. The van der Waals surface area contributed by atoms with Gasteiger partial charge < -0.3 is 24.5 Å². The summed E-state index contributed by atoms with van der Waals surface area (Å²) >= 11 is 12.4. The zero-order valence-electron chi connectivity index (χ0n) is 36.8. The summed E-state index contributed by atoms with van der Waals surface area (Å²) in [5, 5.41) is 5.18. The van der Waals surface area contributed by atoms with Crippen LogP contribution in [0, 0.1) is 0 Å². The van der Waals surface area contributed by atoms with Gasteiger partial charge in [-0.1, -0.05) is 96.0 Å². The van der Waals surface area contributed by atoms with Gasteiger partial charge in [-0.15, -0.1) is 0 Å². The van der Waals surface area contributed by atoms with Crippen molar-refractivity contribution in [1.82, 2.24) is 34.9 Å². The van der Waals surface area contributed by atoms with E-state index in [0.29, 0.717) is 28.9 Å². The van der Waals surface area contributed by atoms with Crippen molar-refractivity contribution in [3.05, 3.63) is 216 Å². The predicted molar refractivity (Wildman–Crippen MR) is 269 cm³/mol. The first-order chi connectivity index (χ1) is 33.3. The molecule has 336 valence electrons. The molecule has 0 bridgehead atoms. The van der Waals surface area contributed by atoms with Gasteiger partial charge in [-0.2, -0.15) is 0 Å². The maximum Gasteiger partial charge on any atom is 0.231 e. The zero-order chi connectivity index (χ0) is 46.8. The first kappa shape index (κ1) is 45.0. The fourth-order valence-electron chi connectivity index (χ4n) is 8.04. The van der Waals surface area contributed by atoms with Crippen LogP contribution in [-0.2, 0) is 35.5 Å². The van der Waals surface area contributed by atoms with Crippen molar-refractivity contribution in [1.29, 1.82) is 0 Å². The molecule has 0 spiro atoms. The van der Waals surface area contributed by atoms with Crippen LogP contribution in [0.25, 0.3) is 44.1 Å². The molecule has 0 aliphatic carbocycles. The Kier molecular flexibility index (Phi) is 13.9. The van der Waals surface area contributed by atoms with E-state index in [4.69, 9.17) is 27.9 Å². The lowest BCUT2D eigenvalue weighted by molar-refractivity contribution is -0.118. The van der Waals surface area contributed by atoms with Gasteiger partial charge in [0, 0.05) is 69.9 Å². The Morgan fingerprint density at radius 3 is 1.53 bits per heavy atom. The number of nitrogens with one attached hydrogen (secondary N) is 2. The Bertz CT molecular complexity index is 3300. The van der Waals surface area contributed by atoms with Gasteiger partial charge in [0.05, 0.1) is 74.5 Å². The maximum absolute atomic E-state index is 13.8. The number of aromatic nitrogens is 7. The van der Waals surface area contributed by atoms with Crippen LogP contribution < -0.4 is 14.5 Å². The van der Waals surface area contributed by atoms with Gasteiger partial charge in [-0.25, -0.2) is 9.97 Å². The molecular formula is C54H43Cl2N9O3. The molecule has 5 aromatic carbocycles. The van der Waals surface area contributed by atoms with E-state index >= 15 is 0 Å². The molecule has 0 radical (unpaired) electrons. The summed E-state index contributed by atoms with van der Waals surface area (Å²) in [6.07, 6.45) is 17.7. The smallest absolute Gasteiger partial charge is 0.231 e. The van der Waals surface area contributed by atoms with E-state index in [1.165, 1.54) is 0 Å². The second-order valence-electron chi connectivity index (χ2n) is 15.8. The number of ether oxygens (including phenoxy) is 1. The van der Waals surface area contributed by atoms with Crippen LogP contribution >= 0.6 is 23.2 Å². The number of carbonyl (C=O) groups excluding carboxylic acids is 2. The van der Waals surface area contributed by atoms with Crippen LogP contribution in [0.5, 0.6) is 5.75 Å². The molecule has 5 heterocycles. The number of carbonyl (C=O) groups is 2. The fourth-order valence-corrected chi connectivity index (χ4v) is 8.43. The Morgan fingerprint density at radius 1 is 0.515 bits per heavy atom. The third-order valence-corrected chi connectivity index (χ3v) is 11.9. The molecule has 0 aliphatic rings. The van der Waals surface area contributed by atoms with Crippen molar-refractivity contribution in [2.24, 2.45) is 0 Å². The summed E-state index contributed by atoms with van der Waals surface area (Å²) in [7, 11) is 1.61. The van der Waals surface area contributed by atoms with E-state index in [2.05, 4.69) is 34.9 Å². The summed E-state index contributed by atoms with van der Waals surface area (Å²) in [4.78, 5) is 58.1. The van der Waals surface area contributed by atoms with Crippen LogP contribution in [-0.4, -0.2) is 53.8 Å². The lowest BCUT2D eigenvalue weighted by Gasteiger charge is -2.25. The number of fused-ring (bicyclic) bond motifs is 2. The van der Waals surface area contributed by atoms with Crippen LogP contribution in [0.1, 0.15) is 22.3 Å². The highest BCUT2D eigenvalue weighted by atomic mass is 35.5. The molecule has 5 aromatic heterocycles. The topological polar surface area (TPSA) is 146 Å². The number of rotatable bonds is 13.